The van der Waals surface area contributed by atoms with Crippen LogP contribution in [0.5, 0.6) is 0 Å². The summed E-state index contributed by atoms with van der Waals surface area (Å²) in [5.74, 6) is 0. The molecule has 2 amide bonds. The van der Waals surface area contributed by atoms with Crippen molar-refractivity contribution in [3.05, 3.63) is 50.4 Å². The highest BCUT2D eigenvalue weighted by Crippen LogP contribution is 2.31. The van der Waals surface area contributed by atoms with Crippen LogP contribution >= 0.6 is 39.1 Å². The molecule has 4 nitrogen and oxygen atoms in total. The summed E-state index contributed by atoms with van der Waals surface area (Å²) < 4.78 is 0.701. The van der Waals surface area contributed by atoms with Crippen LogP contribution in [0.25, 0.3) is 0 Å². The summed E-state index contributed by atoms with van der Waals surface area (Å²) >= 11 is 15.2. The van der Waals surface area contributed by atoms with Gasteiger partial charge < -0.3 is 16.4 Å². The fraction of sp³-hybridized carbons (Fsp3) is 0.0714. The van der Waals surface area contributed by atoms with Gasteiger partial charge in [-0.3, -0.25) is 0 Å². The molecule has 4 N–H and O–H groups in total. The standard InChI is InChI=1S/C14H12BrCl2N3O/c1-7-4-9(15)13(11(18)5-7)20-14(21)19-12-6-8(16)2-3-10(12)17/h2-6H,18H2,1H3,(H2,19,20,21). The zero-order valence-electron chi connectivity index (χ0n) is 11.0. The molecule has 0 heterocycles. The zero-order valence-corrected chi connectivity index (χ0v) is 14.1. The normalized spacial score (nSPS) is 10.3. The summed E-state index contributed by atoms with van der Waals surface area (Å²) in [4.78, 5) is 12.0. The third-order valence-electron chi connectivity index (χ3n) is 2.68. The maximum Gasteiger partial charge on any atom is 0.323 e. The maximum atomic E-state index is 12.0. The molecule has 0 saturated heterocycles. The van der Waals surface area contributed by atoms with Crippen molar-refractivity contribution in [2.24, 2.45) is 0 Å². The Morgan fingerprint density at radius 1 is 1.19 bits per heavy atom. The first kappa shape index (κ1) is 15.9. The van der Waals surface area contributed by atoms with Gasteiger partial charge in [-0.1, -0.05) is 23.2 Å². The summed E-state index contributed by atoms with van der Waals surface area (Å²) in [5.41, 5.74) is 8.27. The summed E-state index contributed by atoms with van der Waals surface area (Å²) in [6.07, 6.45) is 0. The lowest BCUT2D eigenvalue weighted by atomic mass is 10.2. The van der Waals surface area contributed by atoms with Crippen LogP contribution in [0.3, 0.4) is 0 Å². The van der Waals surface area contributed by atoms with Crippen LogP contribution in [0.1, 0.15) is 5.56 Å². The Morgan fingerprint density at radius 2 is 1.90 bits per heavy atom. The average molecular weight is 389 g/mol. The van der Waals surface area contributed by atoms with Crippen LogP contribution in [-0.4, -0.2) is 6.03 Å². The Bertz CT molecular complexity index is 684. The van der Waals surface area contributed by atoms with E-state index in [4.69, 9.17) is 28.9 Å². The molecule has 0 bridgehead atoms. The number of nitrogens with one attached hydrogen (secondary N) is 2. The molecular weight excluding hydrogens is 377 g/mol. The smallest absolute Gasteiger partial charge is 0.323 e. The minimum Gasteiger partial charge on any atom is -0.397 e. The lowest BCUT2D eigenvalue weighted by Crippen LogP contribution is -2.20. The SMILES string of the molecule is Cc1cc(N)c(NC(=O)Nc2cc(Cl)ccc2Cl)c(Br)c1. The zero-order chi connectivity index (χ0) is 15.6. The van der Waals surface area contributed by atoms with Crippen molar-refractivity contribution < 1.29 is 4.79 Å². The summed E-state index contributed by atoms with van der Waals surface area (Å²) in [6, 6.07) is 7.98. The van der Waals surface area contributed by atoms with E-state index in [0.717, 1.165) is 5.56 Å². The second-order valence-corrected chi connectivity index (χ2v) is 6.11. The van der Waals surface area contributed by atoms with E-state index in [-0.39, 0.29) is 0 Å². The first-order chi connectivity index (χ1) is 9.86. The van der Waals surface area contributed by atoms with Crippen molar-refractivity contribution >= 4 is 62.2 Å². The van der Waals surface area contributed by atoms with Gasteiger partial charge in [0.05, 0.1) is 22.1 Å². The van der Waals surface area contributed by atoms with Crippen LogP contribution in [-0.2, 0) is 0 Å². The number of anilines is 3. The molecule has 0 atom stereocenters. The van der Waals surface area contributed by atoms with Crippen LogP contribution in [0.4, 0.5) is 21.9 Å². The number of aryl methyl sites for hydroxylation is 1. The van der Waals surface area contributed by atoms with Gasteiger partial charge in [-0.05, 0) is 58.7 Å². The van der Waals surface area contributed by atoms with Crippen LogP contribution in [0.2, 0.25) is 10.0 Å². The Kier molecular flexibility index (Phi) is 4.98. The lowest BCUT2D eigenvalue weighted by Gasteiger charge is -2.13. The van der Waals surface area contributed by atoms with Crippen molar-refractivity contribution in [1.82, 2.24) is 0 Å². The van der Waals surface area contributed by atoms with E-state index < -0.39 is 6.03 Å². The molecule has 0 unspecified atom stereocenters. The quantitative estimate of drug-likeness (QED) is 0.611. The largest absolute Gasteiger partial charge is 0.397 e. The number of hydrogen-bond acceptors (Lipinski definition) is 2. The number of benzene rings is 2. The predicted octanol–water partition coefficient (Wildman–Crippen LogP) is 5.29. The molecule has 0 aliphatic heterocycles. The molecular formula is C14H12BrCl2N3O. The molecule has 0 spiro atoms. The number of carbonyl (C=O) groups is 1. The number of nitrogen functional groups attached to an aromatic ring is 1. The van der Waals surface area contributed by atoms with E-state index in [1.807, 2.05) is 13.0 Å². The molecule has 0 aromatic heterocycles. The molecule has 0 aliphatic rings. The Balaban J connectivity index is 2.17. The van der Waals surface area contributed by atoms with E-state index in [1.54, 1.807) is 24.3 Å². The average Bonchev–Trinajstić information content (AvgIpc) is 2.38. The molecule has 21 heavy (non-hydrogen) atoms. The monoisotopic (exact) mass is 387 g/mol. The highest BCUT2D eigenvalue weighted by Gasteiger charge is 2.11. The summed E-state index contributed by atoms with van der Waals surface area (Å²) in [7, 11) is 0. The molecule has 0 aliphatic carbocycles. The molecule has 2 aromatic rings. The number of carbonyl (C=O) groups excluding carboxylic acids is 1. The van der Waals surface area contributed by atoms with Gasteiger partial charge in [-0.25, -0.2) is 4.79 Å². The molecule has 0 fully saturated rings. The number of amides is 2. The number of urea groups is 1. The second kappa shape index (κ2) is 6.56. The Labute approximate surface area is 140 Å². The van der Waals surface area contributed by atoms with Crippen molar-refractivity contribution in [1.29, 1.82) is 0 Å². The van der Waals surface area contributed by atoms with Gasteiger partial charge in [0.2, 0.25) is 0 Å². The van der Waals surface area contributed by atoms with Gasteiger partial charge in [0.1, 0.15) is 0 Å². The van der Waals surface area contributed by atoms with E-state index in [1.165, 1.54) is 0 Å². The molecule has 2 aromatic carbocycles. The van der Waals surface area contributed by atoms with Gasteiger partial charge >= 0.3 is 6.03 Å². The highest BCUT2D eigenvalue weighted by atomic mass is 79.9. The molecule has 110 valence electrons. The van der Waals surface area contributed by atoms with Crippen LogP contribution in [0, 0.1) is 6.92 Å². The fourth-order valence-electron chi connectivity index (χ4n) is 1.76. The van der Waals surface area contributed by atoms with Gasteiger partial charge in [0, 0.05) is 9.50 Å². The lowest BCUT2D eigenvalue weighted by molar-refractivity contribution is 0.262. The van der Waals surface area contributed by atoms with Crippen LogP contribution in [0.15, 0.2) is 34.8 Å². The van der Waals surface area contributed by atoms with Crippen LogP contribution < -0.4 is 16.4 Å². The summed E-state index contributed by atoms with van der Waals surface area (Å²) in [6.45, 7) is 1.91. The molecule has 2 rings (SSSR count). The molecule has 7 heteroatoms. The van der Waals surface area contributed by atoms with E-state index in [2.05, 4.69) is 26.6 Å². The highest BCUT2D eigenvalue weighted by molar-refractivity contribution is 9.10. The predicted molar refractivity (Wildman–Crippen MR) is 92.4 cm³/mol. The van der Waals surface area contributed by atoms with Crippen molar-refractivity contribution in [2.45, 2.75) is 6.92 Å². The van der Waals surface area contributed by atoms with Gasteiger partial charge in [-0.15, -0.1) is 0 Å². The first-order valence-electron chi connectivity index (χ1n) is 5.95. The first-order valence-corrected chi connectivity index (χ1v) is 7.50. The number of nitrogens with two attached hydrogens (primary N) is 1. The number of halogens is 3. The van der Waals surface area contributed by atoms with Crippen molar-refractivity contribution in [3.8, 4) is 0 Å². The minimum absolute atomic E-state index is 0.394. The molecule has 0 radical (unpaired) electrons. The topological polar surface area (TPSA) is 67.1 Å². The minimum atomic E-state index is -0.463. The van der Waals surface area contributed by atoms with E-state index >= 15 is 0 Å². The van der Waals surface area contributed by atoms with Gasteiger partial charge in [0.15, 0.2) is 0 Å². The third-order valence-corrected chi connectivity index (χ3v) is 3.87. The Morgan fingerprint density at radius 3 is 2.57 bits per heavy atom. The third kappa shape index (κ3) is 4.03. The Hall–Kier alpha value is -1.43. The van der Waals surface area contributed by atoms with Crippen molar-refractivity contribution in [3.63, 3.8) is 0 Å². The molecule has 0 saturated carbocycles. The van der Waals surface area contributed by atoms with Crippen molar-refractivity contribution in [2.75, 3.05) is 16.4 Å². The van der Waals surface area contributed by atoms with Gasteiger partial charge in [0.25, 0.3) is 0 Å². The van der Waals surface area contributed by atoms with E-state index in [0.29, 0.717) is 31.6 Å². The summed E-state index contributed by atoms with van der Waals surface area (Å²) in [5, 5.41) is 6.17. The number of hydrogen-bond donors (Lipinski definition) is 3. The van der Waals surface area contributed by atoms with Gasteiger partial charge in [-0.2, -0.15) is 0 Å². The fourth-order valence-corrected chi connectivity index (χ4v) is 2.79. The van der Waals surface area contributed by atoms with E-state index in [9.17, 15) is 4.79 Å². The second-order valence-electron chi connectivity index (χ2n) is 4.41. The number of rotatable bonds is 2. The maximum absolute atomic E-state index is 12.0.